The number of anilines is 1. The molecule has 1 N–H and O–H groups in total. The summed E-state index contributed by atoms with van der Waals surface area (Å²) in [6.45, 7) is 0. The molecule has 0 bridgehead atoms. The highest BCUT2D eigenvalue weighted by Gasteiger charge is 2.44. The van der Waals surface area contributed by atoms with Gasteiger partial charge in [-0.25, -0.2) is 0 Å². The maximum Gasteiger partial charge on any atom is 0.251 e. The van der Waals surface area contributed by atoms with Crippen molar-refractivity contribution in [3.8, 4) is 11.5 Å². The summed E-state index contributed by atoms with van der Waals surface area (Å²) in [4.78, 5) is 12.1. The molecule has 1 fully saturated rings. The molecule has 2 aliphatic rings. The van der Waals surface area contributed by atoms with Gasteiger partial charge in [0.15, 0.2) is 11.5 Å². The molecule has 4 rings (SSSR count). The van der Waals surface area contributed by atoms with Crippen LogP contribution in [-0.2, 0) is 10.5 Å². The molecule has 1 amide bonds. The van der Waals surface area contributed by atoms with Gasteiger partial charge in [0.2, 0.25) is 5.91 Å². The number of fused-ring (bicyclic) bond motifs is 1. The molecule has 1 spiro atoms. The van der Waals surface area contributed by atoms with Crippen molar-refractivity contribution in [1.29, 1.82) is 0 Å². The Balaban J connectivity index is 1.31. The van der Waals surface area contributed by atoms with Crippen molar-refractivity contribution >= 4 is 23.4 Å². The van der Waals surface area contributed by atoms with E-state index >= 15 is 0 Å². The zero-order valence-electron chi connectivity index (χ0n) is 14.0. The first-order valence-corrected chi connectivity index (χ1v) is 9.82. The molecule has 2 aromatic carbocycles. The number of benzene rings is 2. The first kappa shape index (κ1) is 16.3. The van der Waals surface area contributed by atoms with Gasteiger partial charge in [-0.2, -0.15) is 0 Å². The normalized spacial score (nSPS) is 17.0. The van der Waals surface area contributed by atoms with Gasteiger partial charge in [-0.05, 0) is 30.5 Å². The third-order valence-electron chi connectivity index (χ3n) is 4.53. The third kappa shape index (κ3) is 3.76. The molecule has 1 heterocycles. The fourth-order valence-electron chi connectivity index (χ4n) is 3.32. The number of rotatable bonds is 5. The van der Waals surface area contributed by atoms with Gasteiger partial charge in [-0.3, -0.25) is 4.79 Å². The highest BCUT2D eigenvalue weighted by molar-refractivity contribution is 7.99. The molecule has 1 aliphatic carbocycles. The number of ether oxygens (including phenoxy) is 2. The van der Waals surface area contributed by atoms with Gasteiger partial charge < -0.3 is 14.8 Å². The lowest BCUT2D eigenvalue weighted by Gasteiger charge is -2.21. The minimum atomic E-state index is -0.462. The maximum atomic E-state index is 12.1. The lowest BCUT2D eigenvalue weighted by atomic mass is 10.2. The van der Waals surface area contributed by atoms with Gasteiger partial charge in [-0.15, -0.1) is 11.8 Å². The molecular weight excluding hydrogens is 334 g/mol. The second kappa shape index (κ2) is 7.00. The molecule has 1 aliphatic heterocycles. The number of hydrogen-bond acceptors (Lipinski definition) is 4. The summed E-state index contributed by atoms with van der Waals surface area (Å²) in [6.07, 6.45) is 4.13. The minimum Gasteiger partial charge on any atom is -0.448 e. The van der Waals surface area contributed by atoms with Crippen LogP contribution in [0.3, 0.4) is 0 Å². The molecule has 0 radical (unpaired) electrons. The van der Waals surface area contributed by atoms with Crippen LogP contribution in [0.5, 0.6) is 11.5 Å². The maximum absolute atomic E-state index is 12.1. The topological polar surface area (TPSA) is 47.6 Å². The highest BCUT2D eigenvalue weighted by Crippen LogP contribution is 2.47. The Kier molecular flexibility index (Phi) is 4.57. The predicted octanol–water partition coefficient (Wildman–Crippen LogP) is 4.60. The van der Waals surface area contributed by atoms with Gasteiger partial charge in [0, 0.05) is 30.3 Å². The summed E-state index contributed by atoms with van der Waals surface area (Å²) in [5, 5.41) is 2.94. The lowest BCUT2D eigenvalue weighted by Crippen LogP contribution is -2.34. The summed E-state index contributed by atoms with van der Waals surface area (Å²) in [7, 11) is 0. The second-order valence-corrected chi connectivity index (χ2v) is 7.50. The van der Waals surface area contributed by atoms with E-state index in [2.05, 4.69) is 17.4 Å². The average molecular weight is 355 g/mol. The quantitative estimate of drug-likeness (QED) is 0.851. The fraction of sp³-hybridized carbons (Fsp3) is 0.350. The number of carbonyl (C=O) groups excluding carboxylic acids is 1. The van der Waals surface area contributed by atoms with E-state index in [0.717, 1.165) is 48.6 Å². The van der Waals surface area contributed by atoms with Gasteiger partial charge >= 0.3 is 0 Å². The summed E-state index contributed by atoms with van der Waals surface area (Å²) >= 11 is 1.61. The SMILES string of the molecule is O=C(CSCc1ccccc1)Nc1ccc2c(c1)OC1(CCCC1)O2. The summed E-state index contributed by atoms with van der Waals surface area (Å²) in [5.41, 5.74) is 1.98. The van der Waals surface area contributed by atoms with Crippen LogP contribution in [0.25, 0.3) is 0 Å². The Bertz CT molecular complexity index is 757. The van der Waals surface area contributed by atoms with E-state index in [1.807, 2.05) is 36.4 Å². The van der Waals surface area contributed by atoms with Crippen LogP contribution in [0.15, 0.2) is 48.5 Å². The third-order valence-corrected chi connectivity index (χ3v) is 5.53. The number of hydrogen-bond donors (Lipinski definition) is 1. The zero-order chi connectivity index (χ0) is 17.1. The first-order valence-electron chi connectivity index (χ1n) is 8.66. The van der Waals surface area contributed by atoms with Crippen molar-refractivity contribution < 1.29 is 14.3 Å². The average Bonchev–Trinajstić information content (AvgIpc) is 3.21. The van der Waals surface area contributed by atoms with Crippen molar-refractivity contribution in [3.05, 3.63) is 54.1 Å². The number of nitrogens with one attached hydrogen (secondary N) is 1. The van der Waals surface area contributed by atoms with Gasteiger partial charge in [0.05, 0.1) is 5.75 Å². The van der Waals surface area contributed by atoms with Crippen LogP contribution in [-0.4, -0.2) is 17.4 Å². The standard InChI is InChI=1S/C20H21NO3S/c22-19(14-25-13-15-6-2-1-3-7-15)21-16-8-9-17-18(12-16)24-20(23-17)10-4-5-11-20/h1-3,6-9,12H,4-5,10-11,13-14H2,(H,21,22). The smallest absolute Gasteiger partial charge is 0.251 e. The van der Waals surface area contributed by atoms with Gasteiger partial charge in [0.1, 0.15) is 0 Å². The molecule has 25 heavy (non-hydrogen) atoms. The van der Waals surface area contributed by atoms with Crippen LogP contribution >= 0.6 is 11.8 Å². The van der Waals surface area contributed by atoms with Crippen molar-refractivity contribution in [2.24, 2.45) is 0 Å². The number of amides is 1. The monoisotopic (exact) mass is 355 g/mol. The Morgan fingerprint density at radius 1 is 1.04 bits per heavy atom. The van der Waals surface area contributed by atoms with E-state index in [1.54, 1.807) is 11.8 Å². The summed E-state index contributed by atoms with van der Waals surface area (Å²) in [6, 6.07) is 15.8. The largest absolute Gasteiger partial charge is 0.448 e. The Labute approximate surface area is 151 Å². The van der Waals surface area contributed by atoms with Crippen molar-refractivity contribution in [2.45, 2.75) is 37.2 Å². The van der Waals surface area contributed by atoms with E-state index in [4.69, 9.17) is 9.47 Å². The molecular formula is C20H21NO3S. The molecule has 5 heteroatoms. The van der Waals surface area contributed by atoms with Crippen molar-refractivity contribution in [3.63, 3.8) is 0 Å². The predicted molar refractivity (Wildman–Crippen MR) is 100 cm³/mol. The van der Waals surface area contributed by atoms with E-state index in [0.29, 0.717) is 5.75 Å². The first-order chi connectivity index (χ1) is 12.2. The molecule has 0 atom stereocenters. The van der Waals surface area contributed by atoms with Crippen LogP contribution in [0, 0.1) is 0 Å². The Morgan fingerprint density at radius 3 is 2.60 bits per heavy atom. The van der Waals surface area contributed by atoms with Crippen LogP contribution in [0.4, 0.5) is 5.69 Å². The van der Waals surface area contributed by atoms with Crippen LogP contribution < -0.4 is 14.8 Å². The Morgan fingerprint density at radius 2 is 1.80 bits per heavy atom. The van der Waals surface area contributed by atoms with Gasteiger partial charge in [0.25, 0.3) is 5.79 Å². The molecule has 1 saturated carbocycles. The number of thioether (sulfide) groups is 1. The molecule has 0 saturated heterocycles. The van der Waals surface area contributed by atoms with Crippen LogP contribution in [0.2, 0.25) is 0 Å². The number of carbonyl (C=O) groups is 1. The van der Waals surface area contributed by atoms with E-state index in [9.17, 15) is 4.79 Å². The molecule has 4 nitrogen and oxygen atoms in total. The van der Waals surface area contributed by atoms with E-state index in [1.165, 1.54) is 5.56 Å². The minimum absolute atomic E-state index is 0.00428. The van der Waals surface area contributed by atoms with Gasteiger partial charge in [-0.1, -0.05) is 30.3 Å². The van der Waals surface area contributed by atoms with E-state index < -0.39 is 5.79 Å². The molecule has 0 aromatic heterocycles. The molecule has 130 valence electrons. The van der Waals surface area contributed by atoms with E-state index in [-0.39, 0.29) is 5.91 Å². The van der Waals surface area contributed by atoms with Crippen molar-refractivity contribution in [2.75, 3.05) is 11.1 Å². The summed E-state index contributed by atoms with van der Waals surface area (Å²) < 4.78 is 12.0. The highest BCUT2D eigenvalue weighted by atomic mass is 32.2. The summed E-state index contributed by atoms with van der Waals surface area (Å²) in [5.74, 6) is 2.30. The molecule has 0 unspecified atom stereocenters. The Hall–Kier alpha value is -2.14. The zero-order valence-corrected chi connectivity index (χ0v) is 14.8. The molecule has 2 aromatic rings. The second-order valence-electron chi connectivity index (χ2n) is 6.51. The fourth-order valence-corrected chi connectivity index (χ4v) is 4.11. The van der Waals surface area contributed by atoms with Crippen LogP contribution in [0.1, 0.15) is 31.2 Å². The van der Waals surface area contributed by atoms with Crippen molar-refractivity contribution in [1.82, 2.24) is 0 Å². The lowest BCUT2D eigenvalue weighted by molar-refractivity contribution is -0.113.